The Bertz CT molecular complexity index is 914. The number of methoxy groups -OCH3 is 1. The molecule has 1 heterocycles. The van der Waals surface area contributed by atoms with Gasteiger partial charge in [-0.15, -0.1) is 0 Å². The van der Waals surface area contributed by atoms with Gasteiger partial charge in [0.15, 0.2) is 0 Å². The maximum atomic E-state index is 13.1. The zero-order chi connectivity index (χ0) is 18.8. The number of imide groups is 1. The summed E-state index contributed by atoms with van der Waals surface area (Å²) in [7, 11) is 1.54. The van der Waals surface area contributed by atoms with Crippen LogP contribution in [0, 0.1) is 13.8 Å². The topological polar surface area (TPSA) is 55.8 Å². The monoisotopic (exact) mass is 351 g/mol. The number of amides is 2. The summed E-state index contributed by atoms with van der Waals surface area (Å²) in [4.78, 5) is 27.5. The van der Waals surface area contributed by atoms with E-state index >= 15 is 0 Å². The summed E-state index contributed by atoms with van der Waals surface area (Å²) in [6, 6.07) is 10.7. The van der Waals surface area contributed by atoms with Gasteiger partial charge in [-0.05, 0) is 50.6 Å². The first-order valence-electron chi connectivity index (χ1n) is 8.44. The SMILES string of the molecule is CCOC=C1C(=O)N(c2ccc(C)cc2C)C(=O)c2cc(OC)ccc21. The Hall–Kier alpha value is -3.08. The predicted molar refractivity (Wildman–Crippen MR) is 100 cm³/mol. The Balaban J connectivity index is 2.21. The fraction of sp³-hybridized carbons (Fsp3) is 0.238. The quantitative estimate of drug-likeness (QED) is 0.477. The molecule has 0 radical (unpaired) electrons. The van der Waals surface area contributed by atoms with Crippen LogP contribution in [0.3, 0.4) is 0 Å². The standard InChI is InChI=1S/C21H21NO4/c1-5-26-12-18-16-8-7-15(25-4)11-17(16)20(23)22(21(18)24)19-9-6-13(2)10-14(19)3/h6-12H,5H2,1-4H3. The van der Waals surface area contributed by atoms with Crippen LogP contribution in [0.4, 0.5) is 5.69 Å². The van der Waals surface area contributed by atoms with Crippen LogP contribution in [0.25, 0.3) is 5.57 Å². The van der Waals surface area contributed by atoms with E-state index in [1.807, 2.05) is 32.9 Å². The third-order valence-electron chi connectivity index (χ3n) is 4.34. The van der Waals surface area contributed by atoms with Gasteiger partial charge in [0.25, 0.3) is 11.8 Å². The van der Waals surface area contributed by atoms with Crippen molar-refractivity contribution in [2.45, 2.75) is 20.8 Å². The van der Waals surface area contributed by atoms with E-state index in [0.717, 1.165) is 11.1 Å². The Labute approximate surface area is 152 Å². The van der Waals surface area contributed by atoms with Gasteiger partial charge in [-0.1, -0.05) is 17.7 Å². The van der Waals surface area contributed by atoms with Gasteiger partial charge in [-0.25, -0.2) is 4.90 Å². The largest absolute Gasteiger partial charge is 0.501 e. The van der Waals surface area contributed by atoms with Crippen LogP contribution in [0.1, 0.15) is 34.0 Å². The molecule has 1 aliphatic rings. The Morgan fingerprint density at radius 3 is 2.42 bits per heavy atom. The summed E-state index contributed by atoms with van der Waals surface area (Å²) in [5.74, 6) is -0.208. The molecule has 0 N–H and O–H groups in total. The minimum absolute atomic E-state index is 0.351. The van der Waals surface area contributed by atoms with Crippen molar-refractivity contribution in [3.05, 3.63) is 64.9 Å². The number of hydrogen-bond acceptors (Lipinski definition) is 4. The van der Waals surface area contributed by atoms with Crippen LogP contribution in [0.5, 0.6) is 5.75 Å². The van der Waals surface area contributed by atoms with E-state index in [2.05, 4.69) is 0 Å². The van der Waals surface area contributed by atoms with Crippen molar-refractivity contribution in [3.8, 4) is 5.75 Å². The Morgan fingerprint density at radius 2 is 1.77 bits per heavy atom. The highest BCUT2D eigenvalue weighted by atomic mass is 16.5. The van der Waals surface area contributed by atoms with Crippen molar-refractivity contribution < 1.29 is 19.1 Å². The molecule has 0 bridgehead atoms. The maximum absolute atomic E-state index is 13.1. The molecule has 5 heteroatoms. The van der Waals surface area contributed by atoms with Gasteiger partial charge in [0, 0.05) is 5.56 Å². The number of carbonyl (C=O) groups is 2. The van der Waals surface area contributed by atoms with E-state index in [-0.39, 0.29) is 5.91 Å². The number of anilines is 1. The molecule has 0 spiro atoms. The molecule has 0 aromatic heterocycles. The summed E-state index contributed by atoms with van der Waals surface area (Å²) in [6.07, 6.45) is 1.43. The highest BCUT2D eigenvalue weighted by Crippen LogP contribution is 2.35. The first-order chi connectivity index (χ1) is 12.5. The van der Waals surface area contributed by atoms with Gasteiger partial charge in [-0.3, -0.25) is 9.59 Å². The molecule has 2 aromatic rings. The number of aryl methyl sites for hydroxylation is 2. The molecular weight excluding hydrogens is 330 g/mol. The molecule has 0 saturated carbocycles. The number of rotatable bonds is 4. The van der Waals surface area contributed by atoms with E-state index in [1.165, 1.54) is 11.2 Å². The first kappa shape index (κ1) is 17.7. The number of fused-ring (bicyclic) bond motifs is 1. The fourth-order valence-corrected chi connectivity index (χ4v) is 3.07. The number of hydrogen-bond donors (Lipinski definition) is 0. The Morgan fingerprint density at radius 1 is 1.00 bits per heavy atom. The predicted octanol–water partition coefficient (Wildman–Crippen LogP) is 3.88. The lowest BCUT2D eigenvalue weighted by Crippen LogP contribution is -2.42. The first-order valence-corrected chi connectivity index (χ1v) is 8.44. The molecule has 5 nitrogen and oxygen atoms in total. The molecule has 0 unspecified atom stereocenters. The highest BCUT2D eigenvalue weighted by Gasteiger charge is 2.37. The van der Waals surface area contributed by atoms with E-state index in [4.69, 9.17) is 9.47 Å². The molecule has 2 amide bonds. The second kappa shape index (κ2) is 7.04. The average molecular weight is 351 g/mol. The summed E-state index contributed by atoms with van der Waals surface area (Å²) in [6.45, 7) is 6.12. The lowest BCUT2D eigenvalue weighted by atomic mass is 9.93. The van der Waals surface area contributed by atoms with Crippen molar-refractivity contribution in [1.82, 2.24) is 0 Å². The number of nitrogens with zero attached hydrogens (tertiary/aromatic N) is 1. The molecule has 134 valence electrons. The van der Waals surface area contributed by atoms with Crippen LogP contribution in [-0.4, -0.2) is 25.5 Å². The van der Waals surface area contributed by atoms with Crippen molar-refractivity contribution >= 4 is 23.1 Å². The zero-order valence-corrected chi connectivity index (χ0v) is 15.3. The van der Waals surface area contributed by atoms with Crippen molar-refractivity contribution in [3.63, 3.8) is 0 Å². The minimum atomic E-state index is -0.395. The highest BCUT2D eigenvalue weighted by molar-refractivity contribution is 6.41. The third kappa shape index (κ3) is 2.96. The van der Waals surface area contributed by atoms with Crippen molar-refractivity contribution in [2.75, 3.05) is 18.6 Å². The summed E-state index contributed by atoms with van der Waals surface area (Å²) in [5, 5.41) is 0. The van der Waals surface area contributed by atoms with E-state index < -0.39 is 5.91 Å². The summed E-state index contributed by atoms with van der Waals surface area (Å²) >= 11 is 0. The number of carbonyl (C=O) groups excluding carboxylic acids is 2. The van der Waals surface area contributed by atoms with Gasteiger partial charge in [-0.2, -0.15) is 0 Å². The van der Waals surface area contributed by atoms with Gasteiger partial charge < -0.3 is 9.47 Å². The molecule has 3 rings (SSSR count). The summed E-state index contributed by atoms with van der Waals surface area (Å²) < 4.78 is 10.6. The van der Waals surface area contributed by atoms with Gasteiger partial charge >= 0.3 is 0 Å². The van der Waals surface area contributed by atoms with Crippen LogP contribution >= 0.6 is 0 Å². The lowest BCUT2D eigenvalue weighted by Gasteiger charge is -2.29. The van der Waals surface area contributed by atoms with Crippen LogP contribution in [0.2, 0.25) is 0 Å². The second-order valence-corrected chi connectivity index (χ2v) is 6.13. The molecule has 2 aromatic carbocycles. The molecule has 0 fully saturated rings. The summed E-state index contributed by atoms with van der Waals surface area (Å²) in [5.41, 5.74) is 3.81. The van der Waals surface area contributed by atoms with Crippen LogP contribution in [-0.2, 0) is 9.53 Å². The smallest absolute Gasteiger partial charge is 0.269 e. The lowest BCUT2D eigenvalue weighted by molar-refractivity contribution is -0.113. The van der Waals surface area contributed by atoms with Crippen molar-refractivity contribution in [1.29, 1.82) is 0 Å². The molecular formula is C21H21NO4. The molecule has 0 atom stereocenters. The fourth-order valence-electron chi connectivity index (χ4n) is 3.07. The molecule has 0 aliphatic carbocycles. The second-order valence-electron chi connectivity index (χ2n) is 6.13. The van der Waals surface area contributed by atoms with Crippen LogP contribution in [0.15, 0.2) is 42.7 Å². The Kier molecular flexibility index (Phi) is 4.80. The van der Waals surface area contributed by atoms with E-state index in [0.29, 0.717) is 34.7 Å². The molecule has 26 heavy (non-hydrogen) atoms. The van der Waals surface area contributed by atoms with E-state index in [9.17, 15) is 9.59 Å². The van der Waals surface area contributed by atoms with Crippen molar-refractivity contribution in [2.24, 2.45) is 0 Å². The zero-order valence-electron chi connectivity index (χ0n) is 15.3. The van der Waals surface area contributed by atoms with Crippen LogP contribution < -0.4 is 9.64 Å². The number of benzene rings is 2. The van der Waals surface area contributed by atoms with Gasteiger partial charge in [0.05, 0.1) is 36.8 Å². The minimum Gasteiger partial charge on any atom is -0.501 e. The molecule has 1 aliphatic heterocycles. The third-order valence-corrected chi connectivity index (χ3v) is 4.34. The average Bonchev–Trinajstić information content (AvgIpc) is 2.63. The van der Waals surface area contributed by atoms with Gasteiger partial charge in [0.1, 0.15) is 5.75 Å². The molecule has 0 saturated heterocycles. The maximum Gasteiger partial charge on any atom is 0.269 e. The normalized spacial score (nSPS) is 15.2. The number of ether oxygens (including phenoxy) is 2. The van der Waals surface area contributed by atoms with E-state index in [1.54, 1.807) is 31.4 Å². The van der Waals surface area contributed by atoms with Gasteiger partial charge in [0.2, 0.25) is 0 Å².